The second-order valence-corrected chi connectivity index (χ2v) is 15.5. The summed E-state index contributed by atoms with van der Waals surface area (Å²) in [5, 5.41) is 32.7. The van der Waals surface area contributed by atoms with Crippen molar-refractivity contribution < 1.29 is 52.0 Å². The lowest BCUT2D eigenvalue weighted by molar-refractivity contribution is -0.153. The van der Waals surface area contributed by atoms with Crippen molar-refractivity contribution in [3.8, 4) is 22.9 Å². The Morgan fingerprint density at radius 3 is 2.27 bits per heavy atom. The molecule has 0 bridgehead atoms. The molecule has 5 aromatic rings. The highest BCUT2D eigenvalue weighted by Gasteiger charge is 2.34. The van der Waals surface area contributed by atoms with Crippen LogP contribution in [0.4, 0.5) is 35.0 Å². The van der Waals surface area contributed by atoms with E-state index in [1.165, 1.54) is 39.8 Å². The molecule has 1 aliphatic carbocycles. The predicted octanol–water partition coefficient (Wildman–Crippen LogP) is 6.45. The molecule has 2 fully saturated rings. The van der Waals surface area contributed by atoms with Crippen molar-refractivity contribution in [2.75, 3.05) is 62.2 Å². The number of carbonyl (C=O) groups excluding carboxylic acids is 4. The zero-order valence-corrected chi connectivity index (χ0v) is 34.3. The number of esters is 1. The van der Waals surface area contributed by atoms with Crippen LogP contribution < -0.4 is 15.1 Å². The lowest BCUT2D eigenvalue weighted by atomic mass is 9.98. The average Bonchev–Trinajstić information content (AvgIpc) is 3.91. The molecule has 3 N–H and O–H groups in total. The van der Waals surface area contributed by atoms with E-state index in [-0.39, 0.29) is 91.8 Å². The van der Waals surface area contributed by atoms with Gasteiger partial charge in [-0.2, -0.15) is 10.2 Å². The molecule has 1 aromatic heterocycles. The Kier molecular flexibility index (Phi) is 12.3. The molecule has 0 unspecified atom stereocenters. The van der Waals surface area contributed by atoms with E-state index in [4.69, 9.17) is 9.47 Å². The number of rotatable bonds is 14. The molecule has 2 saturated heterocycles. The third kappa shape index (κ3) is 8.86. The van der Waals surface area contributed by atoms with Gasteiger partial charge >= 0.3 is 12.1 Å². The van der Waals surface area contributed by atoms with E-state index in [1.54, 1.807) is 15.9 Å². The third-order valence-corrected chi connectivity index (χ3v) is 11.6. The second-order valence-electron chi connectivity index (χ2n) is 15.1. The SMILES string of the molecule is O=C(CN=Nc1ccc2c(O)n(CCC(=O)N3CCN(c4ccc(N5C[C@H](CNC(=S)C(F)F)OC5=O)cc4F)CC3)c(O)c2c1)C(=O)OCC1c2ccccc2-c2ccccc21. The number of anilines is 2. The molecule has 1 atom stereocenters. The van der Waals surface area contributed by atoms with Crippen LogP contribution in [0.5, 0.6) is 11.8 Å². The second kappa shape index (κ2) is 18.1. The molecule has 2 amide bonds. The van der Waals surface area contributed by atoms with Crippen LogP contribution in [-0.2, 0) is 30.4 Å². The maximum Gasteiger partial charge on any atom is 0.414 e. The van der Waals surface area contributed by atoms with Crippen molar-refractivity contribution >= 4 is 68.8 Å². The fourth-order valence-electron chi connectivity index (χ4n) is 8.11. The largest absolute Gasteiger partial charge is 0.494 e. The van der Waals surface area contributed by atoms with Crippen molar-refractivity contribution in [2.45, 2.75) is 31.4 Å². The van der Waals surface area contributed by atoms with Crippen molar-refractivity contribution in [3.63, 3.8) is 0 Å². The molecule has 0 radical (unpaired) electrons. The Balaban J connectivity index is 0.807. The first-order valence-electron chi connectivity index (χ1n) is 20.0. The minimum atomic E-state index is -2.84. The van der Waals surface area contributed by atoms with E-state index in [0.717, 1.165) is 22.3 Å². The number of ketones is 1. The minimum absolute atomic E-state index is 0.0108. The van der Waals surface area contributed by atoms with Crippen LogP contribution >= 0.6 is 12.2 Å². The number of Topliss-reactive ketones (excluding diaryl/α,β-unsaturated/α-hetero) is 1. The molecule has 0 spiro atoms. The van der Waals surface area contributed by atoms with Crippen LogP contribution in [0, 0.1) is 5.82 Å². The fourth-order valence-corrected chi connectivity index (χ4v) is 8.20. The summed E-state index contributed by atoms with van der Waals surface area (Å²) in [4.78, 5) is 54.8. The van der Waals surface area contributed by atoms with Gasteiger partial charge in [-0.05, 0) is 58.7 Å². The van der Waals surface area contributed by atoms with Gasteiger partial charge in [0.05, 0.1) is 30.2 Å². The van der Waals surface area contributed by atoms with Crippen molar-refractivity contribution in [2.24, 2.45) is 10.2 Å². The highest BCUT2D eigenvalue weighted by Crippen LogP contribution is 2.44. The summed E-state index contributed by atoms with van der Waals surface area (Å²) in [6.45, 7) is 0.439. The van der Waals surface area contributed by atoms with Crippen molar-refractivity contribution in [3.05, 3.63) is 102 Å². The minimum Gasteiger partial charge on any atom is -0.494 e. The van der Waals surface area contributed by atoms with E-state index in [0.29, 0.717) is 18.5 Å². The maximum atomic E-state index is 15.4. The number of aromatic hydroxyl groups is 2. The Morgan fingerprint density at radius 2 is 1.59 bits per heavy atom. The van der Waals surface area contributed by atoms with Crippen LogP contribution in [0.2, 0.25) is 0 Å². The fraction of sp³-hybridized carbons (Fsp3) is 0.295. The van der Waals surface area contributed by atoms with Crippen LogP contribution in [-0.4, -0.2) is 113 Å². The number of nitrogens with zero attached hydrogens (tertiary/aromatic N) is 6. The number of thiocarbonyl (C=S) groups is 1. The Hall–Kier alpha value is -7.02. The normalized spacial score (nSPS) is 16.2. The highest BCUT2D eigenvalue weighted by molar-refractivity contribution is 7.80. The van der Waals surface area contributed by atoms with Gasteiger partial charge in [0.2, 0.25) is 17.7 Å². The quantitative estimate of drug-likeness (QED) is 0.0484. The van der Waals surface area contributed by atoms with Gasteiger partial charge in [0.1, 0.15) is 30.1 Å². The van der Waals surface area contributed by atoms with Gasteiger partial charge in [-0.1, -0.05) is 60.7 Å². The lowest BCUT2D eigenvalue weighted by Gasteiger charge is -2.36. The molecule has 4 aromatic carbocycles. The molecule has 3 aliphatic rings. The molecular formula is C44H40F3N7O8S. The molecule has 15 nitrogen and oxygen atoms in total. The summed E-state index contributed by atoms with van der Waals surface area (Å²) >= 11 is 4.55. The van der Waals surface area contributed by atoms with E-state index < -0.39 is 47.7 Å². The zero-order chi connectivity index (χ0) is 44.4. The third-order valence-electron chi connectivity index (χ3n) is 11.3. The maximum absolute atomic E-state index is 15.4. The number of alkyl halides is 2. The van der Waals surface area contributed by atoms with Crippen molar-refractivity contribution in [1.82, 2.24) is 14.8 Å². The molecule has 0 saturated carbocycles. The summed E-state index contributed by atoms with van der Waals surface area (Å²) in [5.41, 5.74) is 4.90. The van der Waals surface area contributed by atoms with E-state index >= 15 is 4.39 Å². The predicted molar refractivity (Wildman–Crippen MR) is 228 cm³/mol. The number of benzene rings is 4. The van der Waals surface area contributed by atoms with Gasteiger partial charge in [0, 0.05) is 55.8 Å². The van der Waals surface area contributed by atoms with Crippen LogP contribution in [0.25, 0.3) is 21.9 Å². The summed E-state index contributed by atoms with van der Waals surface area (Å²) in [6.07, 6.45) is -4.41. The molecule has 326 valence electrons. The van der Waals surface area contributed by atoms with Gasteiger partial charge in [-0.15, -0.1) is 0 Å². The number of azo groups is 1. The van der Waals surface area contributed by atoms with E-state index in [1.807, 2.05) is 48.5 Å². The first-order valence-corrected chi connectivity index (χ1v) is 20.4. The van der Waals surface area contributed by atoms with Crippen LogP contribution in [0.1, 0.15) is 23.5 Å². The zero-order valence-electron chi connectivity index (χ0n) is 33.5. The Labute approximate surface area is 363 Å². The lowest BCUT2D eigenvalue weighted by Crippen LogP contribution is -2.49. The molecule has 19 heteroatoms. The molecule has 63 heavy (non-hydrogen) atoms. The smallest absolute Gasteiger partial charge is 0.414 e. The van der Waals surface area contributed by atoms with E-state index in [9.17, 15) is 38.2 Å². The highest BCUT2D eigenvalue weighted by atomic mass is 32.1. The number of amides is 2. The van der Waals surface area contributed by atoms with Crippen LogP contribution in [0.15, 0.2) is 95.2 Å². The first-order chi connectivity index (χ1) is 30.4. The number of cyclic esters (lactones) is 1. The Bertz CT molecular complexity index is 2610. The standard InChI is InChI=1S/C44H40F3N7O8S/c45-35-20-26(54-23-27(62-44(54)60)21-48-40(63)39(46)47)10-12-36(35)51-15-17-52(18-16-51)38(56)13-14-53-41(57)32-11-9-25(19-33(32)42(53)58)50-49-22-37(55)43(59)61-24-34-30-7-3-1-5-28(30)29-6-2-4-8-31(29)34/h1-12,19-20,27,34,39,57-58H,13-18,21-24H2,(H,48,63)/t27-/m0/s1. The number of ether oxygens (including phenoxy) is 2. The number of fused-ring (bicyclic) bond motifs is 4. The van der Waals surface area contributed by atoms with Gasteiger partial charge in [-0.3, -0.25) is 19.1 Å². The number of carbonyl (C=O) groups is 4. The van der Waals surface area contributed by atoms with Gasteiger partial charge in [0.25, 0.3) is 12.2 Å². The van der Waals surface area contributed by atoms with Gasteiger partial charge in [0.15, 0.2) is 0 Å². The van der Waals surface area contributed by atoms with Crippen molar-refractivity contribution in [1.29, 1.82) is 0 Å². The number of hydrogen-bond donors (Lipinski definition) is 3. The monoisotopic (exact) mass is 883 g/mol. The summed E-state index contributed by atoms with van der Waals surface area (Å²) in [5.74, 6) is -3.53. The number of aromatic nitrogens is 1. The topological polar surface area (TPSA) is 179 Å². The number of nitrogens with one attached hydrogen (secondary N) is 1. The van der Waals surface area contributed by atoms with Gasteiger partial charge in [-0.25, -0.2) is 22.8 Å². The summed E-state index contributed by atoms with van der Waals surface area (Å²) < 4.78 is 52.6. The molecular weight excluding hydrogens is 844 g/mol. The van der Waals surface area contributed by atoms with Crippen LogP contribution in [0.3, 0.4) is 0 Å². The number of hydrogen-bond acceptors (Lipinski definition) is 12. The first kappa shape index (κ1) is 42.7. The van der Waals surface area contributed by atoms with E-state index in [2.05, 4.69) is 27.8 Å². The Morgan fingerprint density at radius 1 is 0.905 bits per heavy atom. The molecule has 2 aliphatic heterocycles. The molecule has 8 rings (SSSR count). The molecule has 3 heterocycles. The number of piperazine rings is 1. The number of halogens is 3. The van der Waals surface area contributed by atoms with Gasteiger partial charge < -0.3 is 34.8 Å². The average molecular weight is 884 g/mol. The summed E-state index contributed by atoms with van der Waals surface area (Å²) in [6, 6.07) is 24.4. The summed E-state index contributed by atoms with van der Waals surface area (Å²) in [7, 11) is 0.